The Balaban J connectivity index is 1.75. The summed E-state index contributed by atoms with van der Waals surface area (Å²) in [6, 6.07) is 12.5. The van der Waals surface area contributed by atoms with Crippen molar-refractivity contribution in [1.29, 1.82) is 0 Å². The van der Waals surface area contributed by atoms with Crippen molar-refractivity contribution >= 4 is 11.9 Å². The number of unbranched alkanes of at least 4 members (excludes halogenated alkanes) is 5. The van der Waals surface area contributed by atoms with Crippen LogP contribution >= 0.6 is 0 Å². The third-order valence-corrected chi connectivity index (χ3v) is 4.11. The maximum Gasteiger partial charge on any atom is 0.325 e. The summed E-state index contributed by atoms with van der Waals surface area (Å²) >= 11 is 0. The molecule has 2 aromatic rings. The minimum absolute atomic E-state index is 0.120. The fourth-order valence-corrected chi connectivity index (χ4v) is 2.61. The maximum absolute atomic E-state index is 12.4. The van der Waals surface area contributed by atoms with Gasteiger partial charge in [0, 0.05) is 6.20 Å². The Labute approximate surface area is 166 Å². The molecule has 1 N–H and O–H groups in total. The second-order valence-corrected chi connectivity index (χ2v) is 6.44. The number of hydrogen-bond acceptors (Lipinski definition) is 5. The number of aromatic nitrogens is 1. The van der Waals surface area contributed by atoms with Gasteiger partial charge in [-0.2, -0.15) is 0 Å². The first-order valence-corrected chi connectivity index (χ1v) is 9.82. The number of hydrogen-bond donors (Lipinski definition) is 1. The molecule has 0 atom stereocenters. The summed E-state index contributed by atoms with van der Waals surface area (Å²) in [4.78, 5) is 28.3. The van der Waals surface area contributed by atoms with Crippen LogP contribution < -0.4 is 10.1 Å². The summed E-state index contributed by atoms with van der Waals surface area (Å²) < 4.78 is 10.9. The smallest absolute Gasteiger partial charge is 0.325 e. The van der Waals surface area contributed by atoms with Crippen LogP contribution in [0.2, 0.25) is 0 Å². The molecule has 6 heteroatoms. The highest BCUT2D eigenvalue weighted by molar-refractivity contribution is 5.96. The van der Waals surface area contributed by atoms with Crippen molar-refractivity contribution in [2.45, 2.75) is 45.4 Å². The van der Waals surface area contributed by atoms with Crippen molar-refractivity contribution in [2.24, 2.45) is 0 Å². The topological polar surface area (TPSA) is 77.5 Å². The van der Waals surface area contributed by atoms with E-state index in [0.717, 1.165) is 19.3 Å². The average molecular weight is 384 g/mol. The quantitative estimate of drug-likeness (QED) is 0.430. The van der Waals surface area contributed by atoms with Gasteiger partial charge in [-0.05, 0) is 30.7 Å². The van der Waals surface area contributed by atoms with E-state index < -0.39 is 11.9 Å². The van der Waals surface area contributed by atoms with Crippen LogP contribution in [-0.4, -0.2) is 30.0 Å². The summed E-state index contributed by atoms with van der Waals surface area (Å²) in [6.45, 7) is 2.36. The van der Waals surface area contributed by atoms with Crippen molar-refractivity contribution in [3.8, 4) is 11.5 Å². The van der Waals surface area contributed by atoms with Crippen molar-refractivity contribution in [1.82, 2.24) is 10.3 Å². The molecule has 1 amide bonds. The molecule has 1 aromatic carbocycles. The highest BCUT2D eigenvalue weighted by Gasteiger charge is 2.16. The van der Waals surface area contributed by atoms with Crippen LogP contribution in [-0.2, 0) is 9.53 Å². The number of rotatable bonds is 12. The van der Waals surface area contributed by atoms with E-state index in [-0.39, 0.29) is 12.2 Å². The Morgan fingerprint density at radius 2 is 1.71 bits per heavy atom. The molecule has 0 spiro atoms. The van der Waals surface area contributed by atoms with E-state index in [0.29, 0.717) is 18.1 Å². The van der Waals surface area contributed by atoms with Gasteiger partial charge in [0.2, 0.25) is 0 Å². The lowest BCUT2D eigenvalue weighted by atomic mass is 10.1. The van der Waals surface area contributed by atoms with E-state index in [9.17, 15) is 9.59 Å². The first-order chi connectivity index (χ1) is 13.7. The standard InChI is InChI=1S/C22H28N2O4/c1-2-3-4-5-6-10-16-27-20(25)17-24-22(26)21-19(14-11-15-23-21)28-18-12-8-7-9-13-18/h7-9,11-15H,2-6,10,16-17H2,1H3,(H,24,26). The number of pyridine rings is 1. The lowest BCUT2D eigenvalue weighted by Gasteiger charge is -2.10. The van der Waals surface area contributed by atoms with Crippen molar-refractivity contribution in [3.63, 3.8) is 0 Å². The zero-order valence-electron chi connectivity index (χ0n) is 16.4. The van der Waals surface area contributed by atoms with Crippen LogP contribution in [0.25, 0.3) is 0 Å². The molecule has 0 saturated heterocycles. The summed E-state index contributed by atoms with van der Waals surface area (Å²) in [5, 5.41) is 2.54. The highest BCUT2D eigenvalue weighted by atomic mass is 16.5. The number of nitrogens with one attached hydrogen (secondary N) is 1. The van der Waals surface area contributed by atoms with Gasteiger partial charge in [0.05, 0.1) is 6.61 Å². The largest absolute Gasteiger partial charge is 0.464 e. The molecule has 0 bridgehead atoms. The SMILES string of the molecule is CCCCCCCCOC(=O)CNC(=O)c1ncccc1Oc1ccccc1. The van der Waals surface area contributed by atoms with Gasteiger partial charge < -0.3 is 14.8 Å². The minimum atomic E-state index is -0.483. The normalized spacial score (nSPS) is 10.3. The Bertz CT molecular complexity index is 734. The number of benzene rings is 1. The Morgan fingerprint density at radius 3 is 2.50 bits per heavy atom. The first kappa shape index (κ1) is 21.4. The third kappa shape index (κ3) is 7.78. The molecule has 0 aliphatic carbocycles. The number of nitrogens with zero attached hydrogens (tertiary/aromatic N) is 1. The molecule has 0 saturated carbocycles. The fourth-order valence-electron chi connectivity index (χ4n) is 2.61. The zero-order valence-corrected chi connectivity index (χ0v) is 16.4. The van der Waals surface area contributed by atoms with Crippen LogP contribution in [0, 0.1) is 0 Å². The summed E-state index contributed by atoms with van der Waals surface area (Å²) in [5.74, 6) is -0.0130. The summed E-state index contributed by atoms with van der Waals surface area (Å²) in [6.07, 6.45) is 8.23. The Morgan fingerprint density at radius 1 is 0.964 bits per heavy atom. The lowest BCUT2D eigenvalue weighted by molar-refractivity contribution is -0.142. The predicted octanol–water partition coefficient (Wildman–Crippen LogP) is 4.51. The Hall–Kier alpha value is -2.89. The second kappa shape index (κ2) is 12.5. The minimum Gasteiger partial charge on any atom is -0.464 e. The molecule has 0 aliphatic rings. The van der Waals surface area contributed by atoms with Crippen molar-refractivity contribution < 1.29 is 19.1 Å². The highest BCUT2D eigenvalue weighted by Crippen LogP contribution is 2.23. The number of esters is 1. The van der Waals surface area contributed by atoms with E-state index in [1.165, 1.54) is 25.5 Å². The molecular weight excluding hydrogens is 356 g/mol. The molecule has 1 heterocycles. The van der Waals surface area contributed by atoms with E-state index in [2.05, 4.69) is 17.2 Å². The van der Waals surface area contributed by atoms with Crippen LogP contribution in [0.4, 0.5) is 0 Å². The van der Waals surface area contributed by atoms with Crippen molar-refractivity contribution in [3.05, 3.63) is 54.4 Å². The number of carbonyl (C=O) groups is 2. The van der Waals surface area contributed by atoms with Crippen molar-refractivity contribution in [2.75, 3.05) is 13.2 Å². The van der Waals surface area contributed by atoms with Gasteiger partial charge in [-0.25, -0.2) is 4.98 Å². The summed E-state index contributed by atoms with van der Waals surface area (Å²) in [5.41, 5.74) is 0.120. The maximum atomic E-state index is 12.4. The van der Waals surface area contributed by atoms with E-state index >= 15 is 0 Å². The molecule has 0 fully saturated rings. The van der Waals surface area contributed by atoms with Gasteiger partial charge in [-0.1, -0.05) is 57.2 Å². The Kier molecular flexibility index (Phi) is 9.55. The van der Waals surface area contributed by atoms with E-state index in [1.54, 1.807) is 24.3 Å². The lowest BCUT2D eigenvalue weighted by Crippen LogP contribution is -2.31. The predicted molar refractivity (Wildman–Crippen MR) is 107 cm³/mol. The first-order valence-electron chi connectivity index (χ1n) is 9.82. The molecule has 28 heavy (non-hydrogen) atoms. The zero-order chi connectivity index (χ0) is 20.0. The fraction of sp³-hybridized carbons (Fsp3) is 0.409. The van der Waals surface area contributed by atoms with Gasteiger partial charge in [0.15, 0.2) is 11.4 Å². The summed E-state index contributed by atoms with van der Waals surface area (Å²) in [7, 11) is 0. The molecule has 6 nitrogen and oxygen atoms in total. The number of amides is 1. The number of ether oxygens (including phenoxy) is 2. The molecule has 0 unspecified atom stereocenters. The van der Waals surface area contributed by atoms with Crippen LogP contribution in [0.15, 0.2) is 48.7 Å². The van der Waals surface area contributed by atoms with Crippen LogP contribution in [0.3, 0.4) is 0 Å². The van der Waals surface area contributed by atoms with Gasteiger partial charge in [-0.15, -0.1) is 0 Å². The third-order valence-electron chi connectivity index (χ3n) is 4.11. The molecule has 150 valence electrons. The second-order valence-electron chi connectivity index (χ2n) is 6.44. The van der Waals surface area contributed by atoms with Gasteiger partial charge in [0.25, 0.3) is 5.91 Å². The van der Waals surface area contributed by atoms with Gasteiger partial charge in [0.1, 0.15) is 12.3 Å². The van der Waals surface area contributed by atoms with Crippen LogP contribution in [0.5, 0.6) is 11.5 Å². The monoisotopic (exact) mass is 384 g/mol. The number of para-hydroxylation sites is 1. The van der Waals surface area contributed by atoms with E-state index in [4.69, 9.17) is 9.47 Å². The van der Waals surface area contributed by atoms with Crippen LogP contribution in [0.1, 0.15) is 55.9 Å². The molecule has 0 aliphatic heterocycles. The molecule has 1 aromatic heterocycles. The average Bonchev–Trinajstić information content (AvgIpc) is 2.72. The van der Waals surface area contributed by atoms with Gasteiger partial charge in [-0.3, -0.25) is 9.59 Å². The number of carbonyl (C=O) groups excluding carboxylic acids is 2. The molecule has 0 radical (unpaired) electrons. The van der Waals surface area contributed by atoms with Gasteiger partial charge >= 0.3 is 5.97 Å². The van der Waals surface area contributed by atoms with E-state index in [1.807, 2.05) is 18.2 Å². The molecular formula is C22H28N2O4. The molecule has 2 rings (SSSR count).